The van der Waals surface area contributed by atoms with Crippen LogP contribution < -0.4 is 11.5 Å². The third kappa shape index (κ3) is 4.11. The molecule has 1 aliphatic heterocycles. The Labute approximate surface area is 159 Å². The fourth-order valence-corrected chi connectivity index (χ4v) is 4.32. The molecule has 0 radical (unpaired) electrons. The Morgan fingerprint density at radius 3 is 2.46 bits per heavy atom. The monoisotopic (exact) mass is 353 g/mol. The quantitative estimate of drug-likeness (QED) is 0.747. The maximum absolute atomic E-state index is 5.70. The third-order valence-electron chi connectivity index (χ3n) is 5.45. The van der Waals surface area contributed by atoms with Gasteiger partial charge in [-0.1, -0.05) is 56.8 Å². The van der Waals surface area contributed by atoms with Gasteiger partial charge in [-0.05, 0) is 49.8 Å². The molecule has 3 rings (SSSR count). The van der Waals surface area contributed by atoms with E-state index >= 15 is 0 Å². The molecule has 26 heavy (non-hydrogen) atoms. The molecule has 0 fully saturated rings. The van der Waals surface area contributed by atoms with Crippen molar-refractivity contribution in [3.8, 4) is 0 Å². The highest BCUT2D eigenvalue weighted by Crippen LogP contribution is 2.44. The summed E-state index contributed by atoms with van der Waals surface area (Å²) in [7, 11) is 0. The summed E-state index contributed by atoms with van der Waals surface area (Å²) in [5.41, 5.74) is 19.6. The molecule has 0 saturated heterocycles. The number of benzene rings is 1. The van der Waals surface area contributed by atoms with Gasteiger partial charge in [-0.25, -0.2) is 0 Å². The molecule has 0 spiro atoms. The van der Waals surface area contributed by atoms with Crippen molar-refractivity contribution in [2.45, 2.75) is 66.1 Å². The van der Waals surface area contributed by atoms with Crippen LogP contribution in [0.5, 0.6) is 0 Å². The van der Waals surface area contributed by atoms with E-state index in [-0.39, 0.29) is 19.6 Å². The SMILES string of the molecule is C.C=C1CCC2=C(C(C)CC(C)=C2)N1C(C)c1ccc(CC(N)N)cc1. The number of allylic oxidation sites excluding steroid dienone is 5. The molecule has 2 unspecified atom stereocenters. The first kappa shape index (κ1) is 20.5. The van der Waals surface area contributed by atoms with Crippen molar-refractivity contribution < 1.29 is 0 Å². The lowest BCUT2D eigenvalue weighted by Gasteiger charge is -2.43. The topological polar surface area (TPSA) is 55.3 Å². The van der Waals surface area contributed by atoms with Gasteiger partial charge < -0.3 is 16.4 Å². The third-order valence-corrected chi connectivity index (χ3v) is 5.45. The van der Waals surface area contributed by atoms with Crippen LogP contribution in [0.4, 0.5) is 0 Å². The molecule has 0 saturated carbocycles. The average molecular weight is 354 g/mol. The van der Waals surface area contributed by atoms with Crippen molar-refractivity contribution in [2.24, 2.45) is 17.4 Å². The Balaban J connectivity index is 0.00000243. The molecular formula is C23H35N3. The summed E-state index contributed by atoms with van der Waals surface area (Å²) in [4.78, 5) is 2.48. The lowest BCUT2D eigenvalue weighted by atomic mass is 9.82. The van der Waals surface area contributed by atoms with Crippen LogP contribution in [0.25, 0.3) is 0 Å². The second-order valence-corrected chi connectivity index (χ2v) is 7.73. The molecule has 142 valence electrons. The number of rotatable bonds is 4. The second kappa shape index (κ2) is 8.24. The number of nitrogens with zero attached hydrogens (tertiary/aromatic N) is 1. The maximum atomic E-state index is 5.70. The zero-order chi connectivity index (χ0) is 18.1. The van der Waals surface area contributed by atoms with Gasteiger partial charge in [0.1, 0.15) is 0 Å². The van der Waals surface area contributed by atoms with Crippen molar-refractivity contribution in [1.29, 1.82) is 0 Å². The summed E-state index contributed by atoms with van der Waals surface area (Å²) < 4.78 is 0. The Kier molecular flexibility index (Phi) is 6.48. The van der Waals surface area contributed by atoms with Gasteiger partial charge in [0.15, 0.2) is 0 Å². The number of hydrogen-bond donors (Lipinski definition) is 2. The predicted molar refractivity (Wildman–Crippen MR) is 112 cm³/mol. The van der Waals surface area contributed by atoms with Crippen molar-refractivity contribution in [3.05, 3.63) is 70.6 Å². The minimum atomic E-state index is -0.295. The first-order valence-corrected chi connectivity index (χ1v) is 9.34. The Hall–Kier alpha value is -1.84. The maximum Gasteiger partial charge on any atom is 0.0562 e. The molecular weight excluding hydrogens is 318 g/mol. The van der Waals surface area contributed by atoms with E-state index in [1.54, 1.807) is 0 Å². The van der Waals surface area contributed by atoms with Crippen molar-refractivity contribution >= 4 is 0 Å². The van der Waals surface area contributed by atoms with E-state index in [4.69, 9.17) is 11.5 Å². The molecule has 4 N–H and O–H groups in total. The molecule has 3 nitrogen and oxygen atoms in total. The van der Waals surface area contributed by atoms with Crippen molar-refractivity contribution in [1.82, 2.24) is 4.90 Å². The van der Waals surface area contributed by atoms with Crippen LogP contribution in [0.1, 0.15) is 64.6 Å². The van der Waals surface area contributed by atoms with E-state index in [0.717, 1.165) is 19.3 Å². The Bertz CT molecular complexity index is 709. The predicted octanol–water partition coefficient (Wildman–Crippen LogP) is 5.02. The van der Waals surface area contributed by atoms with E-state index < -0.39 is 0 Å². The summed E-state index contributed by atoms with van der Waals surface area (Å²) in [6.45, 7) is 11.3. The van der Waals surface area contributed by atoms with Crippen LogP contribution in [0, 0.1) is 5.92 Å². The molecule has 0 amide bonds. The van der Waals surface area contributed by atoms with Gasteiger partial charge in [0.05, 0.1) is 12.2 Å². The van der Waals surface area contributed by atoms with Crippen LogP contribution >= 0.6 is 0 Å². The van der Waals surface area contributed by atoms with Gasteiger partial charge in [0.2, 0.25) is 0 Å². The standard InChI is InChI=1S/C22H31N3.CH4/c1-14-11-15(2)22-20(12-14)8-5-16(3)25(22)17(4)19-9-6-18(7-10-19)13-21(23)24;/h6-7,9-10,12,15,17,21H,3,5,8,11,13,23-24H2,1-2,4H3;1H4. The highest BCUT2D eigenvalue weighted by atomic mass is 15.2. The van der Waals surface area contributed by atoms with Crippen molar-refractivity contribution in [3.63, 3.8) is 0 Å². The van der Waals surface area contributed by atoms with E-state index in [1.165, 1.54) is 33.7 Å². The summed E-state index contributed by atoms with van der Waals surface area (Å²) in [6.07, 6.45) is 6.11. The molecule has 0 bridgehead atoms. The molecule has 0 aromatic heterocycles. The molecule has 1 aromatic carbocycles. The lowest BCUT2D eigenvalue weighted by molar-refractivity contribution is 0.275. The van der Waals surface area contributed by atoms with Crippen LogP contribution in [0.3, 0.4) is 0 Å². The lowest BCUT2D eigenvalue weighted by Crippen LogP contribution is -2.34. The van der Waals surface area contributed by atoms with Crippen LogP contribution in [-0.4, -0.2) is 11.1 Å². The van der Waals surface area contributed by atoms with E-state index in [0.29, 0.717) is 12.3 Å². The first-order valence-electron chi connectivity index (χ1n) is 9.34. The average Bonchev–Trinajstić information content (AvgIpc) is 2.55. The van der Waals surface area contributed by atoms with E-state index in [9.17, 15) is 0 Å². The Morgan fingerprint density at radius 2 is 1.85 bits per heavy atom. The minimum Gasteiger partial charge on any atom is -0.342 e. The molecule has 1 aromatic rings. The number of hydrogen-bond acceptors (Lipinski definition) is 3. The zero-order valence-corrected chi connectivity index (χ0v) is 15.8. The minimum absolute atomic E-state index is 0. The van der Waals surface area contributed by atoms with Gasteiger partial charge in [0.25, 0.3) is 0 Å². The fraction of sp³-hybridized carbons (Fsp3) is 0.478. The zero-order valence-electron chi connectivity index (χ0n) is 15.8. The molecule has 2 atom stereocenters. The van der Waals surface area contributed by atoms with Gasteiger partial charge >= 0.3 is 0 Å². The molecule has 1 aliphatic carbocycles. The van der Waals surface area contributed by atoms with Gasteiger partial charge in [-0.3, -0.25) is 0 Å². The van der Waals surface area contributed by atoms with E-state index in [2.05, 4.69) is 62.6 Å². The molecule has 3 heteroatoms. The summed E-state index contributed by atoms with van der Waals surface area (Å²) in [6, 6.07) is 9.00. The van der Waals surface area contributed by atoms with Gasteiger partial charge in [-0.2, -0.15) is 0 Å². The normalized spacial score (nSPS) is 21.3. The van der Waals surface area contributed by atoms with Crippen LogP contribution in [-0.2, 0) is 6.42 Å². The smallest absolute Gasteiger partial charge is 0.0562 e. The second-order valence-electron chi connectivity index (χ2n) is 7.73. The molecule has 1 heterocycles. The first-order chi connectivity index (χ1) is 11.9. The Morgan fingerprint density at radius 1 is 1.19 bits per heavy atom. The van der Waals surface area contributed by atoms with Crippen LogP contribution in [0.2, 0.25) is 0 Å². The van der Waals surface area contributed by atoms with Crippen LogP contribution in [0.15, 0.2) is 59.5 Å². The highest BCUT2D eigenvalue weighted by molar-refractivity contribution is 5.40. The summed E-state index contributed by atoms with van der Waals surface area (Å²) >= 11 is 0. The summed E-state index contributed by atoms with van der Waals surface area (Å²) in [5, 5.41) is 0. The largest absolute Gasteiger partial charge is 0.342 e. The summed E-state index contributed by atoms with van der Waals surface area (Å²) in [5.74, 6) is 0.550. The fourth-order valence-electron chi connectivity index (χ4n) is 4.32. The van der Waals surface area contributed by atoms with Gasteiger partial charge in [0, 0.05) is 23.7 Å². The number of nitrogens with two attached hydrogens (primary N) is 2. The highest BCUT2D eigenvalue weighted by Gasteiger charge is 2.32. The van der Waals surface area contributed by atoms with Crippen molar-refractivity contribution in [2.75, 3.05) is 0 Å². The van der Waals surface area contributed by atoms with E-state index in [1.807, 2.05) is 0 Å². The molecule has 2 aliphatic rings. The van der Waals surface area contributed by atoms with Gasteiger partial charge in [-0.15, -0.1) is 0 Å².